The largest absolute Gasteiger partial charge is 0.462 e. The Kier molecular flexibility index (Phi) is 54.2. The van der Waals surface area contributed by atoms with Crippen LogP contribution in [0, 0.1) is 0 Å². The molecule has 0 saturated carbocycles. The van der Waals surface area contributed by atoms with Crippen LogP contribution in [0.1, 0.15) is 335 Å². The van der Waals surface area contributed by atoms with Crippen molar-refractivity contribution < 1.29 is 28.6 Å². The first-order valence-electron chi connectivity index (χ1n) is 29.7. The molecule has 0 rings (SSSR count). The van der Waals surface area contributed by atoms with Crippen LogP contribution in [0.5, 0.6) is 0 Å². The molecule has 6 heteroatoms. The highest BCUT2D eigenvalue weighted by atomic mass is 16.6. The van der Waals surface area contributed by atoms with Crippen LogP contribution in [0.4, 0.5) is 0 Å². The third-order valence-corrected chi connectivity index (χ3v) is 13.5. The third-order valence-electron chi connectivity index (χ3n) is 13.5. The molecule has 0 aromatic carbocycles. The Morgan fingerprint density at radius 1 is 0.288 bits per heavy atom. The Balaban J connectivity index is 3.91. The number of unbranched alkanes of at least 4 members (excludes halogenated alkanes) is 42. The molecule has 0 aromatic heterocycles. The maximum absolute atomic E-state index is 12.7. The van der Waals surface area contributed by atoms with Gasteiger partial charge in [-0.2, -0.15) is 0 Å². The summed E-state index contributed by atoms with van der Waals surface area (Å²) < 4.78 is 16.7. The average Bonchev–Trinajstić information content (AvgIpc) is 3.31. The standard InChI is InChI=1S/C60H114O6/c1-4-7-10-13-16-18-20-21-22-23-24-25-26-27-28-29-30-31-32-33-34-35-36-37-38-40-41-44-47-50-53-59(62)65-56-57(55-64-58(61)52-49-46-43-15-12-9-6-3)66-60(63)54-51-48-45-42-39-19-17-14-11-8-5-2/h14,17,57H,4-13,15-16,18-56H2,1-3H3/b17-14-. The highest BCUT2D eigenvalue weighted by molar-refractivity contribution is 5.71. The topological polar surface area (TPSA) is 78.9 Å². The summed E-state index contributed by atoms with van der Waals surface area (Å²) in [5, 5.41) is 0. The van der Waals surface area contributed by atoms with E-state index < -0.39 is 6.10 Å². The Morgan fingerprint density at radius 2 is 0.515 bits per heavy atom. The van der Waals surface area contributed by atoms with Gasteiger partial charge >= 0.3 is 17.9 Å². The Morgan fingerprint density at radius 3 is 0.803 bits per heavy atom. The van der Waals surface area contributed by atoms with Crippen LogP contribution in [0.15, 0.2) is 12.2 Å². The van der Waals surface area contributed by atoms with Crippen LogP contribution >= 0.6 is 0 Å². The number of ether oxygens (including phenoxy) is 3. The zero-order valence-electron chi connectivity index (χ0n) is 44.7. The van der Waals surface area contributed by atoms with Crippen molar-refractivity contribution >= 4 is 17.9 Å². The maximum Gasteiger partial charge on any atom is 0.306 e. The first kappa shape index (κ1) is 64.2. The lowest BCUT2D eigenvalue weighted by Crippen LogP contribution is -2.30. The SMILES string of the molecule is CCCC/C=C\CCCCCCCC(=O)OC(COC(=O)CCCCCCCCC)COC(=O)CCCCCCCCCCCCCCCCCCCCCCCCCCCCCCCC. The molecule has 0 aromatic rings. The Hall–Kier alpha value is -1.85. The van der Waals surface area contributed by atoms with Crippen LogP contribution in [0.25, 0.3) is 0 Å². The second kappa shape index (κ2) is 55.7. The minimum Gasteiger partial charge on any atom is -0.462 e. The van der Waals surface area contributed by atoms with Gasteiger partial charge in [0.15, 0.2) is 6.10 Å². The Labute approximate surface area is 411 Å². The van der Waals surface area contributed by atoms with E-state index in [0.29, 0.717) is 19.3 Å². The van der Waals surface area contributed by atoms with Crippen LogP contribution in [-0.4, -0.2) is 37.2 Å². The van der Waals surface area contributed by atoms with Gasteiger partial charge in [-0.25, -0.2) is 0 Å². The third kappa shape index (κ3) is 53.1. The molecule has 1 atom stereocenters. The van der Waals surface area contributed by atoms with E-state index in [4.69, 9.17) is 14.2 Å². The van der Waals surface area contributed by atoms with E-state index >= 15 is 0 Å². The second-order valence-corrected chi connectivity index (χ2v) is 20.3. The summed E-state index contributed by atoms with van der Waals surface area (Å²) in [6.45, 7) is 6.60. The number of carbonyl (C=O) groups is 3. The predicted octanol–water partition coefficient (Wildman–Crippen LogP) is 19.7. The highest BCUT2D eigenvalue weighted by Gasteiger charge is 2.19. The molecule has 1 unspecified atom stereocenters. The van der Waals surface area contributed by atoms with E-state index in [0.717, 1.165) is 64.2 Å². The van der Waals surface area contributed by atoms with E-state index in [-0.39, 0.29) is 31.1 Å². The lowest BCUT2D eigenvalue weighted by atomic mass is 10.0. The highest BCUT2D eigenvalue weighted by Crippen LogP contribution is 2.18. The van der Waals surface area contributed by atoms with E-state index in [1.54, 1.807) is 0 Å². The van der Waals surface area contributed by atoms with E-state index in [1.807, 2.05) is 0 Å². The predicted molar refractivity (Wildman–Crippen MR) is 284 cm³/mol. The van der Waals surface area contributed by atoms with Crippen molar-refractivity contribution in [3.05, 3.63) is 12.2 Å². The van der Waals surface area contributed by atoms with Gasteiger partial charge in [0.05, 0.1) is 0 Å². The number of carbonyl (C=O) groups excluding carboxylic acids is 3. The van der Waals surface area contributed by atoms with Crippen molar-refractivity contribution in [3.8, 4) is 0 Å². The molecule has 0 spiro atoms. The molecule has 0 amide bonds. The van der Waals surface area contributed by atoms with E-state index in [1.165, 1.54) is 231 Å². The fourth-order valence-corrected chi connectivity index (χ4v) is 9.02. The molecule has 0 aliphatic heterocycles. The number of rotatable bonds is 55. The van der Waals surface area contributed by atoms with Crippen molar-refractivity contribution in [2.24, 2.45) is 0 Å². The van der Waals surface area contributed by atoms with Gasteiger partial charge < -0.3 is 14.2 Å². The first-order valence-corrected chi connectivity index (χ1v) is 29.7. The fraction of sp³-hybridized carbons (Fsp3) is 0.917. The normalized spacial score (nSPS) is 12.0. The summed E-state index contributed by atoms with van der Waals surface area (Å²) >= 11 is 0. The molecule has 0 N–H and O–H groups in total. The lowest BCUT2D eigenvalue weighted by Gasteiger charge is -2.18. The van der Waals surface area contributed by atoms with Gasteiger partial charge in [-0.15, -0.1) is 0 Å². The van der Waals surface area contributed by atoms with Crippen LogP contribution < -0.4 is 0 Å². The van der Waals surface area contributed by atoms with Crippen LogP contribution in [-0.2, 0) is 28.6 Å². The average molecular weight is 932 g/mol. The molecule has 0 aliphatic rings. The van der Waals surface area contributed by atoms with E-state index in [2.05, 4.69) is 32.9 Å². The minimum absolute atomic E-state index is 0.0688. The molecule has 66 heavy (non-hydrogen) atoms. The van der Waals surface area contributed by atoms with Crippen molar-refractivity contribution in [3.63, 3.8) is 0 Å². The zero-order chi connectivity index (χ0) is 47.9. The van der Waals surface area contributed by atoms with Crippen molar-refractivity contribution in [2.75, 3.05) is 13.2 Å². The summed E-state index contributed by atoms with van der Waals surface area (Å²) in [5.41, 5.74) is 0. The van der Waals surface area contributed by atoms with Crippen molar-refractivity contribution in [1.29, 1.82) is 0 Å². The molecule has 0 fully saturated rings. The minimum atomic E-state index is -0.766. The monoisotopic (exact) mass is 931 g/mol. The summed E-state index contributed by atoms with van der Waals surface area (Å²) in [6.07, 6.45) is 64.1. The molecule has 0 radical (unpaired) electrons. The van der Waals surface area contributed by atoms with Crippen LogP contribution in [0.3, 0.4) is 0 Å². The molecule has 0 aliphatic carbocycles. The summed E-state index contributed by atoms with van der Waals surface area (Å²) in [7, 11) is 0. The first-order chi connectivity index (χ1) is 32.5. The second-order valence-electron chi connectivity index (χ2n) is 20.3. The zero-order valence-corrected chi connectivity index (χ0v) is 44.7. The summed E-state index contributed by atoms with van der Waals surface area (Å²) in [6, 6.07) is 0. The number of hydrogen-bond donors (Lipinski definition) is 0. The fourth-order valence-electron chi connectivity index (χ4n) is 9.02. The van der Waals surface area contributed by atoms with Gasteiger partial charge in [-0.1, -0.05) is 290 Å². The summed E-state index contributed by atoms with van der Waals surface area (Å²) in [5.74, 6) is -0.868. The molecule has 390 valence electrons. The molecule has 0 bridgehead atoms. The Bertz CT molecular complexity index is 1020. The number of esters is 3. The van der Waals surface area contributed by atoms with Gasteiger partial charge in [-0.05, 0) is 38.5 Å². The number of hydrogen-bond acceptors (Lipinski definition) is 6. The molecule has 6 nitrogen and oxygen atoms in total. The smallest absolute Gasteiger partial charge is 0.306 e. The van der Waals surface area contributed by atoms with Crippen LogP contribution in [0.2, 0.25) is 0 Å². The number of allylic oxidation sites excluding steroid dienone is 2. The van der Waals surface area contributed by atoms with Gasteiger partial charge in [-0.3, -0.25) is 14.4 Å². The van der Waals surface area contributed by atoms with Crippen molar-refractivity contribution in [1.82, 2.24) is 0 Å². The molecular weight excluding hydrogens is 817 g/mol. The maximum atomic E-state index is 12.7. The quantitative estimate of drug-likeness (QED) is 0.0262. The van der Waals surface area contributed by atoms with Gasteiger partial charge in [0, 0.05) is 19.3 Å². The molecular formula is C60H114O6. The molecule has 0 saturated heterocycles. The van der Waals surface area contributed by atoms with Gasteiger partial charge in [0.2, 0.25) is 0 Å². The van der Waals surface area contributed by atoms with Gasteiger partial charge in [0.25, 0.3) is 0 Å². The van der Waals surface area contributed by atoms with E-state index in [9.17, 15) is 14.4 Å². The lowest BCUT2D eigenvalue weighted by molar-refractivity contribution is -0.167. The summed E-state index contributed by atoms with van der Waals surface area (Å²) in [4.78, 5) is 37.8. The van der Waals surface area contributed by atoms with Crippen molar-refractivity contribution in [2.45, 2.75) is 341 Å². The molecule has 0 heterocycles. The van der Waals surface area contributed by atoms with Gasteiger partial charge in [0.1, 0.15) is 13.2 Å².